The van der Waals surface area contributed by atoms with E-state index in [-0.39, 0.29) is 24.5 Å². The molecule has 0 saturated carbocycles. The third-order valence-corrected chi connectivity index (χ3v) is 4.69. The predicted octanol–water partition coefficient (Wildman–Crippen LogP) is 2.80. The minimum atomic E-state index is -0.0386. The van der Waals surface area contributed by atoms with Gasteiger partial charge in [0.05, 0.1) is 4.88 Å². The molecule has 2 aliphatic rings. The number of rotatable bonds is 1. The van der Waals surface area contributed by atoms with Gasteiger partial charge in [-0.2, -0.15) is 0 Å². The van der Waals surface area contributed by atoms with Crippen molar-refractivity contribution in [1.82, 2.24) is 4.98 Å². The molecule has 21 heavy (non-hydrogen) atoms. The zero-order valence-electron chi connectivity index (χ0n) is 11.0. The Bertz CT molecular complexity index is 831. The van der Waals surface area contributed by atoms with Crippen molar-refractivity contribution >= 4 is 34.7 Å². The van der Waals surface area contributed by atoms with Crippen LogP contribution >= 0.6 is 11.3 Å². The number of hydrogen-bond acceptors (Lipinski definition) is 5. The largest absolute Gasteiger partial charge is 0.292 e. The first kappa shape index (κ1) is 12.3. The predicted molar refractivity (Wildman–Crippen MR) is 81.8 cm³/mol. The SMILES string of the molecule is O=C1CN=CC2=C1c1sc(-c3ccccc3)nc1C(=O)C2. The number of ketones is 2. The Kier molecular flexibility index (Phi) is 2.68. The number of benzene rings is 1. The van der Waals surface area contributed by atoms with E-state index in [2.05, 4.69) is 9.98 Å². The summed E-state index contributed by atoms with van der Waals surface area (Å²) < 4.78 is 0. The van der Waals surface area contributed by atoms with Gasteiger partial charge in [-0.25, -0.2) is 4.98 Å². The summed E-state index contributed by atoms with van der Waals surface area (Å²) in [5.74, 6) is -0.0622. The summed E-state index contributed by atoms with van der Waals surface area (Å²) in [4.78, 5) is 33.6. The van der Waals surface area contributed by atoms with E-state index in [1.54, 1.807) is 6.21 Å². The van der Waals surface area contributed by atoms with Crippen molar-refractivity contribution in [3.8, 4) is 10.6 Å². The molecule has 102 valence electrons. The lowest BCUT2D eigenvalue weighted by atomic mass is 9.89. The minimum Gasteiger partial charge on any atom is -0.292 e. The fourth-order valence-electron chi connectivity index (χ4n) is 2.61. The van der Waals surface area contributed by atoms with Crippen molar-refractivity contribution in [1.29, 1.82) is 0 Å². The average Bonchev–Trinajstić information content (AvgIpc) is 2.94. The topological polar surface area (TPSA) is 59.4 Å². The van der Waals surface area contributed by atoms with Crippen LogP contribution < -0.4 is 0 Å². The number of hydrogen-bond donors (Lipinski definition) is 0. The van der Waals surface area contributed by atoms with Crippen molar-refractivity contribution in [2.75, 3.05) is 6.54 Å². The summed E-state index contributed by atoms with van der Waals surface area (Å²) in [6, 6.07) is 9.70. The lowest BCUT2D eigenvalue weighted by Crippen LogP contribution is -2.21. The van der Waals surface area contributed by atoms with E-state index < -0.39 is 0 Å². The lowest BCUT2D eigenvalue weighted by molar-refractivity contribution is -0.112. The number of aromatic nitrogens is 1. The second kappa shape index (κ2) is 4.56. The molecule has 0 atom stereocenters. The van der Waals surface area contributed by atoms with Crippen molar-refractivity contribution in [3.05, 3.63) is 46.5 Å². The zero-order chi connectivity index (χ0) is 14.4. The van der Waals surface area contributed by atoms with Crippen LogP contribution in [0.15, 0.2) is 40.9 Å². The van der Waals surface area contributed by atoms with Crippen molar-refractivity contribution < 1.29 is 9.59 Å². The number of allylic oxidation sites excluding steroid dienone is 1. The number of nitrogens with zero attached hydrogens (tertiary/aromatic N) is 2. The fourth-order valence-corrected chi connectivity index (χ4v) is 3.79. The van der Waals surface area contributed by atoms with Gasteiger partial charge in [0, 0.05) is 23.8 Å². The van der Waals surface area contributed by atoms with Gasteiger partial charge in [-0.05, 0) is 5.57 Å². The van der Waals surface area contributed by atoms with E-state index in [1.165, 1.54) is 11.3 Å². The van der Waals surface area contributed by atoms with Crippen LogP contribution in [0.4, 0.5) is 0 Å². The molecule has 1 aliphatic heterocycles. The summed E-state index contributed by atoms with van der Waals surface area (Å²) in [6.45, 7) is 0.158. The highest BCUT2D eigenvalue weighted by Gasteiger charge is 2.33. The molecule has 0 unspecified atom stereocenters. The Morgan fingerprint density at radius 1 is 1.05 bits per heavy atom. The molecule has 0 amide bonds. The summed E-state index contributed by atoms with van der Waals surface area (Å²) >= 11 is 1.41. The first-order chi connectivity index (χ1) is 10.2. The maximum Gasteiger partial charge on any atom is 0.187 e. The first-order valence-electron chi connectivity index (χ1n) is 6.60. The molecular weight excluding hydrogens is 284 g/mol. The average molecular weight is 294 g/mol. The molecule has 0 saturated heterocycles. The van der Waals surface area contributed by atoms with Gasteiger partial charge >= 0.3 is 0 Å². The van der Waals surface area contributed by atoms with Crippen LogP contribution in [-0.4, -0.2) is 29.3 Å². The van der Waals surface area contributed by atoms with Gasteiger partial charge in [0.15, 0.2) is 11.6 Å². The Morgan fingerprint density at radius 3 is 2.67 bits per heavy atom. The first-order valence-corrected chi connectivity index (χ1v) is 7.41. The van der Waals surface area contributed by atoms with Crippen molar-refractivity contribution in [2.45, 2.75) is 6.42 Å². The number of aliphatic imine (C=N–C) groups is 1. The molecule has 2 aromatic rings. The number of fused-ring (bicyclic) bond motifs is 2. The van der Waals surface area contributed by atoms with E-state index >= 15 is 0 Å². The highest BCUT2D eigenvalue weighted by atomic mass is 32.1. The third-order valence-electron chi connectivity index (χ3n) is 3.57. The normalized spacial score (nSPS) is 17.0. The molecule has 0 bridgehead atoms. The van der Waals surface area contributed by atoms with Gasteiger partial charge in [-0.15, -0.1) is 11.3 Å². The fraction of sp³-hybridized carbons (Fsp3) is 0.125. The van der Waals surface area contributed by atoms with Gasteiger partial charge in [-0.3, -0.25) is 14.6 Å². The maximum atomic E-state index is 12.2. The minimum absolute atomic E-state index is 0.0236. The van der Waals surface area contributed by atoms with Gasteiger partial charge < -0.3 is 0 Å². The molecule has 0 spiro atoms. The number of carbonyl (C=O) groups is 2. The molecule has 5 heteroatoms. The summed E-state index contributed by atoms with van der Waals surface area (Å²) in [7, 11) is 0. The highest BCUT2D eigenvalue weighted by Crippen LogP contribution is 2.39. The second-order valence-electron chi connectivity index (χ2n) is 4.96. The Balaban J connectivity index is 1.92. The van der Waals surface area contributed by atoms with Crippen molar-refractivity contribution in [2.24, 2.45) is 4.99 Å². The number of dihydropyridines is 1. The third kappa shape index (κ3) is 1.89. The number of carbonyl (C=O) groups excluding carboxylic acids is 2. The van der Waals surface area contributed by atoms with Crippen LogP contribution in [0.2, 0.25) is 0 Å². The van der Waals surface area contributed by atoms with Crippen LogP contribution in [0.1, 0.15) is 21.8 Å². The van der Waals surface area contributed by atoms with E-state index in [0.29, 0.717) is 16.1 Å². The van der Waals surface area contributed by atoms with Gasteiger partial charge in [0.1, 0.15) is 17.2 Å². The van der Waals surface area contributed by atoms with Crippen LogP contribution in [0, 0.1) is 0 Å². The van der Waals surface area contributed by atoms with Crippen LogP contribution in [0.25, 0.3) is 16.1 Å². The van der Waals surface area contributed by atoms with Crippen molar-refractivity contribution in [3.63, 3.8) is 0 Å². The Labute approximate surface area is 124 Å². The maximum absolute atomic E-state index is 12.2. The Hall–Kier alpha value is -2.40. The van der Waals surface area contributed by atoms with Crippen LogP contribution in [-0.2, 0) is 4.79 Å². The molecule has 4 rings (SSSR count). The second-order valence-corrected chi connectivity index (χ2v) is 5.96. The monoisotopic (exact) mass is 294 g/mol. The molecular formula is C16H10N2O2S. The summed E-state index contributed by atoms with van der Waals surface area (Å²) in [5, 5.41) is 0.776. The van der Waals surface area contributed by atoms with Gasteiger partial charge in [0.2, 0.25) is 0 Å². The van der Waals surface area contributed by atoms with Gasteiger partial charge in [-0.1, -0.05) is 30.3 Å². The summed E-state index contributed by atoms with van der Waals surface area (Å²) in [6.07, 6.45) is 1.87. The molecule has 2 heterocycles. The smallest absolute Gasteiger partial charge is 0.187 e. The van der Waals surface area contributed by atoms with E-state index in [4.69, 9.17) is 0 Å². The highest BCUT2D eigenvalue weighted by molar-refractivity contribution is 7.17. The number of thiazole rings is 1. The standard InChI is InChI=1S/C16H10N2O2S/c19-11-6-10-7-17-8-12(20)13(10)15-14(11)18-16(21-15)9-4-2-1-3-5-9/h1-5,7H,6,8H2. The van der Waals surface area contributed by atoms with Crippen LogP contribution in [0.5, 0.6) is 0 Å². The molecule has 0 fully saturated rings. The molecule has 1 aliphatic carbocycles. The molecule has 0 radical (unpaired) electrons. The Morgan fingerprint density at radius 2 is 1.86 bits per heavy atom. The quantitative estimate of drug-likeness (QED) is 0.812. The summed E-state index contributed by atoms with van der Waals surface area (Å²) in [5.41, 5.74) is 2.76. The van der Waals surface area contributed by atoms with E-state index in [9.17, 15) is 9.59 Å². The molecule has 1 aromatic carbocycles. The number of Topliss-reactive ketones (excluding diaryl/α,β-unsaturated/α-hetero) is 2. The van der Waals surface area contributed by atoms with Crippen LogP contribution in [0.3, 0.4) is 0 Å². The van der Waals surface area contributed by atoms with Gasteiger partial charge in [0.25, 0.3) is 0 Å². The molecule has 1 aromatic heterocycles. The lowest BCUT2D eigenvalue weighted by Gasteiger charge is -2.17. The molecule has 4 nitrogen and oxygen atoms in total. The van der Waals surface area contributed by atoms with E-state index in [1.807, 2.05) is 30.3 Å². The molecule has 0 N–H and O–H groups in total. The van der Waals surface area contributed by atoms with E-state index in [0.717, 1.165) is 16.1 Å². The zero-order valence-corrected chi connectivity index (χ0v) is 11.8.